The Morgan fingerprint density at radius 1 is 1.07 bits per heavy atom. The van der Waals surface area contributed by atoms with Crippen LogP contribution in [0.3, 0.4) is 0 Å². The van der Waals surface area contributed by atoms with Gasteiger partial charge in [0, 0.05) is 49.7 Å². The molecule has 2 aromatic rings. The van der Waals surface area contributed by atoms with Crippen LogP contribution < -0.4 is 10.6 Å². The predicted molar refractivity (Wildman–Crippen MR) is 110 cm³/mol. The number of ether oxygens (including phenoxy) is 1. The molecule has 8 heteroatoms. The van der Waals surface area contributed by atoms with Gasteiger partial charge in [-0.15, -0.1) is 0 Å². The maximum atomic E-state index is 5.49. The number of morpholine rings is 1. The van der Waals surface area contributed by atoms with Gasteiger partial charge in [0.2, 0.25) is 5.95 Å². The molecule has 2 aliphatic rings. The van der Waals surface area contributed by atoms with Crippen molar-refractivity contribution in [3.05, 3.63) is 23.7 Å². The highest BCUT2D eigenvalue weighted by Gasteiger charge is 2.27. The van der Waals surface area contributed by atoms with Crippen LogP contribution in [0.25, 0.3) is 0 Å². The van der Waals surface area contributed by atoms with Gasteiger partial charge in [0.15, 0.2) is 0 Å². The quantitative estimate of drug-likeness (QED) is 0.819. The van der Waals surface area contributed by atoms with Crippen LogP contribution in [-0.4, -0.2) is 63.0 Å². The maximum Gasteiger partial charge on any atom is 0.229 e. The summed E-state index contributed by atoms with van der Waals surface area (Å²) in [5.41, 5.74) is 3.00. The summed E-state index contributed by atoms with van der Waals surface area (Å²) >= 11 is 0. The van der Waals surface area contributed by atoms with Crippen LogP contribution in [0.1, 0.15) is 36.9 Å². The molecule has 0 spiro atoms. The van der Waals surface area contributed by atoms with E-state index in [1.807, 2.05) is 20.2 Å². The zero-order chi connectivity index (χ0) is 19.5. The summed E-state index contributed by atoms with van der Waals surface area (Å²) in [5, 5.41) is 11.1. The van der Waals surface area contributed by atoms with Crippen molar-refractivity contribution < 1.29 is 4.74 Å². The minimum Gasteiger partial charge on any atom is -0.379 e. The molecule has 152 valence electrons. The fourth-order valence-electron chi connectivity index (χ4n) is 4.16. The van der Waals surface area contributed by atoms with Crippen LogP contribution in [0.5, 0.6) is 0 Å². The third kappa shape index (κ3) is 4.44. The molecule has 28 heavy (non-hydrogen) atoms. The summed E-state index contributed by atoms with van der Waals surface area (Å²) < 4.78 is 7.25. The van der Waals surface area contributed by atoms with Crippen molar-refractivity contribution in [2.24, 2.45) is 7.05 Å². The van der Waals surface area contributed by atoms with Crippen molar-refractivity contribution in [3.63, 3.8) is 0 Å². The number of nitrogens with zero attached hydrogens (tertiary/aromatic N) is 5. The van der Waals surface area contributed by atoms with E-state index in [1.54, 1.807) is 10.9 Å². The van der Waals surface area contributed by atoms with E-state index >= 15 is 0 Å². The molecule has 1 aliphatic carbocycles. The summed E-state index contributed by atoms with van der Waals surface area (Å²) in [5.74, 6) is 1.55. The normalized spacial score (nSPS) is 23.5. The van der Waals surface area contributed by atoms with E-state index in [4.69, 9.17) is 9.72 Å². The Labute approximate surface area is 166 Å². The molecule has 0 aromatic carbocycles. The first-order valence-electron chi connectivity index (χ1n) is 10.3. The van der Waals surface area contributed by atoms with E-state index in [2.05, 4.69) is 32.5 Å². The minimum absolute atomic E-state index is 0.469. The minimum atomic E-state index is 0.469. The highest BCUT2D eigenvalue weighted by molar-refractivity contribution is 5.56. The van der Waals surface area contributed by atoms with Crippen molar-refractivity contribution in [1.29, 1.82) is 0 Å². The predicted octanol–water partition coefficient (Wildman–Crippen LogP) is 2.63. The van der Waals surface area contributed by atoms with Gasteiger partial charge in [-0.2, -0.15) is 10.1 Å². The number of aromatic nitrogens is 4. The highest BCUT2D eigenvalue weighted by Crippen LogP contribution is 2.28. The van der Waals surface area contributed by atoms with E-state index < -0.39 is 0 Å². The van der Waals surface area contributed by atoms with Gasteiger partial charge in [-0.05, 0) is 39.5 Å². The molecule has 1 aliphatic heterocycles. The van der Waals surface area contributed by atoms with Crippen LogP contribution in [0.4, 0.5) is 17.5 Å². The summed E-state index contributed by atoms with van der Waals surface area (Å²) in [7, 11) is 1.90. The number of hydrogen-bond donors (Lipinski definition) is 2. The van der Waals surface area contributed by atoms with Gasteiger partial charge in [0.05, 0.1) is 25.1 Å². The first kappa shape index (κ1) is 19.1. The first-order chi connectivity index (χ1) is 13.6. The smallest absolute Gasteiger partial charge is 0.229 e. The molecule has 0 atom stereocenters. The van der Waals surface area contributed by atoms with Crippen molar-refractivity contribution >= 4 is 17.5 Å². The molecule has 0 amide bonds. The first-order valence-corrected chi connectivity index (χ1v) is 10.3. The molecule has 2 fully saturated rings. The van der Waals surface area contributed by atoms with E-state index in [-0.39, 0.29) is 0 Å². The molecule has 3 heterocycles. The second-order valence-corrected chi connectivity index (χ2v) is 7.93. The molecule has 8 nitrogen and oxygen atoms in total. The summed E-state index contributed by atoms with van der Waals surface area (Å²) in [6.45, 7) is 8.04. The molecule has 0 bridgehead atoms. The fraction of sp³-hybridized carbons (Fsp3) is 0.650. The highest BCUT2D eigenvalue weighted by atomic mass is 16.5. The molecule has 1 saturated carbocycles. The average Bonchev–Trinajstić information content (AvgIpc) is 3.11. The number of anilines is 3. The van der Waals surface area contributed by atoms with Gasteiger partial charge < -0.3 is 15.4 Å². The number of aryl methyl sites for hydroxylation is 2. The Bertz CT molecular complexity index is 792. The Morgan fingerprint density at radius 2 is 1.82 bits per heavy atom. The molecule has 4 rings (SSSR count). The largest absolute Gasteiger partial charge is 0.379 e. The lowest BCUT2D eigenvalue weighted by atomic mass is 9.90. The zero-order valence-electron chi connectivity index (χ0n) is 17.1. The van der Waals surface area contributed by atoms with Crippen molar-refractivity contribution in [1.82, 2.24) is 24.6 Å². The van der Waals surface area contributed by atoms with Gasteiger partial charge in [-0.1, -0.05) is 0 Å². The molecule has 2 aromatic heterocycles. The van der Waals surface area contributed by atoms with E-state index in [0.29, 0.717) is 18.0 Å². The molecule has 1 saturated heterocycles. The summed E-state index contributed by atoms with van der Waals surface area (Å²) in [6.07, 6.45) is 8.52. The summed E-state index contributed by atoms with van der Waals surface area (Å²) in [6, 6.07) is 1.18. The van der Waals surface area contributed by atoms with Crippen LogP contribution in [0.15, 0.2) is 12.4 Å². The number of nitrogens with one attached hydrogen (secondary N) is 2. The Kier molecular flexibility index (Phi) is 5.77. The number of rotatable bonds is 5. The standard InChI is InChI=1S/C20H31N7O/c1-14-15(2)22-20(24-17-12-21-26(3)13-17)25-19(14)23-16-4-6-18(7-5-16)27-8-10-28-11-9-27/h12-13,16,18H,4-11H2,1-3H3,(H2,22,23,24,25). The van der Waals surface area contributed by atoms with Crippen LogP contribution in [0, 0.1) is 13.8 Å². The van der Waals surface area contributed by atoms with E-state index in [0.717, 1.165) is 49.1 Å². The molecular formula is C20H31N7O. The van der Waals surface area contributed by atoms with E-state index in [9.17, 15) is 0 Å². The molecule has 2 N–H and O–H groups in total. The topological polar surface area (TPSA) is 80.1 Å². The Balaban J connectivity index is 1.38. The average molecular weight is 386 g/mol. The van der Waals surface area contributed by atoms with Gasteiger partial charge in [-0.3, -0.25) is 9.58 Å². The van der Waals surface area contributed by atoms with Gasteiger partial charge in [0.25, 0.3) is 0 Å². The molecular weight excluding hydrogens is 354 g/mol. The maximum absolute atomic E-state index is 5.49. The van der Waals surface area contributed by atoms with Crippen molar-refractivity contribution in [3.8, 4) is 0 Å². The van der Waals surface area contributed by atoms with Crippen LogP contribution >= 0.6 is 0 Å². The van der Waals surface area contributed by atoms with Crippen LogP contribution in [-0.2, 0) is 11.8 Å². The van der Waals surface area contributed by atoms with Gasteiger partial charge in [0.1, 0.15) is 5.82 Å². The van der Waals surface area contributed by atoms with Gasteiger partial charge in [-0.25, -0.2) is 4.98 Å². The van der Waals surface area contributed by atoms with Crippen molar-refractivity contribution in [2.45, 2.75) is 51.6 Å². The van der Waals surface area contributed by atoms with Crippen molar-refractivity contribution in [2.75, 3.05) is 36.9 Å². The van der Waals surface area contributed by atoms with E-state index in [1.165, 1.54) is 25.7 Å². The lowest BCUT2D eigenvalue weighted by Crippen LogP contribution is -2.46. The molecule has 0 unspecified atom stereocenters. The second kappa shape index (κ2) is 8.45. The third-order valence-electron chi connectivity index (χ3n) is 5.95. The lowest BCUT2D eigenvalue weighted by Gasteiger charge is -2.39. The Hall–Kier alpha value is -2.19. The zero-order valence-corrected chi connectivity index (χ0v) is 17.1. The summed E-state index contributed by atoms with van der Waals surface area (Å²) in [4.78, 5) is 11.9. The second-order valence-electron chi connectivity index (χ2n) is 7.93. The third-order valence-corrected chi connectivity index (χ3v) is 5.95. The number of hydrogen-bond acceptors (Lipinski definition) is 7. The Morgan fingerprint density at radius 3 is 2.50 bits per heavy atom. The monoisotopic (exact) mass is 385 g/mol. The molecule has 0 radical (unpaired) electrons. The lowest BCUT2D eigenvalue weighted by molar-refractivity contribution is 0.00790. The SMILES string of the molecule is Cc1nc(Nc2cnn(C)c2)nc(NC2CCC(N3CCOCC3)CC2)c1C. The fourth-order valence-corrected chi connectivity index (χ4v) is 4.16. The van der Waals surface area contributed by atoms with Gasteiger partial charge >= 0.3 is 0 Å². The van der Waals surface area contributed by atoms with Crippen LogP contribution in [0.2, 0.25) is 0 Å².